The third-order valence-corrected chi connectivity index (χ3v) is 8.09. The van der Waals surface area contributed by atoms with Crippen molar-refractivity contribution in [2.45, 2.75) is 24.5 Å². The maximum atomic E-state index is 13.7. The Kier molecular flexibility index (Phi) is 5.42. The average molecular weight is 474 g/mol. The maximum Gasteiger partial charge on any atom is 0.259 e. The lowest BCUT2D eigenvalue weighted by Crippen LogP contribution is -2.36. The Morgan fingerprint density at radius 3 is 2.71 bits per heavy atom. The predicted octanol–water partition coefficient (Wildman–Crippen LogP) is 3.86. The van der Waals surface area contributed by atoms with E-state index >= 15 is 0 Å². The molecule has 0 bridgehead atoms. The number of nitrogens with zero attached hydrogens (tertiary/aromatic N) is 4. The predicted molar refractivity (Wildman–Crippen MR) is 138 cm³/mol. The zero-order valence-electron chi connectivity index (χ0n) is 19.2. The summed E-state index contributed by atoms with van der Waals surface area (Å²) in [7, 11) is 1.91. The quantitative estimate of drug-likeness (QED) is 0.477. The number of para-hydroxylation sites is 2. The second-order valence-corrected chi connectivity index (χ2v) is 10.2. The minimum absolute atomic E-state index is 0.180. The number of pyridine rings is 2. The van der Waals surface area contributed by atoms with Crippen LogP contribution in [0.1, 0.15) is 40.6 Å². The van der Waals surface area contributed by atoms with Crippen molar-refractivity contribution in [3.05, 3.63) is 69.4 Å². The molecule has 1 N–H and O–H groups in total. The molecule has 174 valence electrons. The number of aryl methyl sites for hydroxylation is 1. The number of benzene rings is 1. The van der Waals surface area contributed by atoms with Crippen molar-refractivity contribution in [3.63, 3.8) is 0 Å². The molecule has 1 fully saturated rings. The van der Waals surface area contributed by atoms with Gasteiger partial charge in [0.25, 0.3) is 5.91 Å². The Morgan fingerprint density at radius 1 is 1.15 bits per heavy atom. The zero-order valence-corrected chi connectivity index (χ0v) is 20.0. The average Bonchev–Trinajstić information content (AvgIpc) is 3.62. The van der Waals surface area contributed by atoms with Crippen molar-refractivity contribution < 1.29 is 4.79 Å². The highest BCUT2D eigenvalue weighted by Crippen LogP contribution is 2.38. The zero-order chi connectivity index (χ0) is 23.2. The van der Waals surface area contributed by atoms with E-state index in [1.165, 1.54) is 12.8 Å². The number of amides is 1. The van der Waals surface area contributed by atoms with Crippen molar-refractivity contribution in [2.24, 2.45) is 7.05 Å². The van der Waals surface area contributed by atoms with Crippen LogP contribution in [0, 0.1) is 0 Å². The van der Waals surface area contributed by atoms with E-state index in [2.05, 4.69) is 21.7 Å². The molecule has 4 aromatic rings. The summed E-state index contributed by atoms with van der Waals surface area (Å²) in [5.74, 6) is -0.325. The number of hydrogen-bond acceptors (Lipinski definition) is 5. The summed E-state index contributed by atoms with van der Waals surface area (Å²) >= 11 is 1.75. The van der Waals surface area contributed by atoms with Crippen LogP contribution in [-0.2, 0) is 7.05 Å². The number of nitrogens with one attached hydrogen (secondary N) is 1. The number of rotatable bonds is 5. The van der Waals surface area contributed by atoms with Gasteiger partial charge in [-0.15, -0.1) is 11.8 Å². The fourth-order valence-electron chi connectivity index (χ4n) is 5.24. The topological polar surface area (TPSA) is 71.6 Å². The van der Waals surface area contributed by atoms with Gasteiger partial charge in [-0.25, -0.2) is 4.98 Å². The van der Waals surface area contributed by atoms with Gasteiger partial charge in [-0.05, 0) is 62.0 Å². The number of carbonyl (C=O) groups excluding carboxylic acids is 1. The summed E-state index contributed by atoms with van der Waals surface area (Å²) in [6.07, 6.45) is 5.49. The number of carbonyl (C=O) groups is 1. The lowest BCUT2D eigenvalue weighted by molar-refractivity contribution is 0.0950. The molecule has 2 aliphatic heterocycles. The second kappa shape index (κ2) is 8.60. The van der Waals surface area contributed by atoms with E-state index in [1.807, 2.05) is 52.4 Å². The number of imidazole rings is 1. The highest BCUT2D eigenvalue weighted by molar-refractivity contribution is 8.02. The molecule has 0 radical (unpaired) electrons. The Labute approximate surface area is 201 Å². The summed E-state index contributed by atoms with van der Waals surface area (Å²) in [5, 5.41) is 5.83. The molecule has 0 saturated carbocycles. The van der Waals surface area contributed by atoms with Gasteiger partial charge in [0.15, 0.2) is 0 Å². The molecule has 1 atom stereocenters. The molecule has 1 unspecified atom stereocenters. The van der Waals surface area contributed by atoms with Gasteiger partial charge in [-0.2, -0.15) is 0 Å². The van der Waals surface area contributed by atoms with E-state index in [1.54, 1.807) is 11.8 Å². The van der Waals surface area contributed by atoms with Crippen molar-refractivity contribution in [1.82, 2.24) is 24.2 Å². The second-order valence-electron chi connectivity index (χ2n) is 9.06. The lowest BCUT2D eigenvalue weighted by atomic mass is 10.1. The third-order valence-electron chi connectivity index (χ3n) is 6.98. The number of likely N-dealkylation sites (tertiary alicyclic amines) is 1. The van der Waals surface area contributed by atoms with Crippen LogP contribution in [0.5, 0.6) is 0 Å². The van der Waals surface area contributed by atoms with E-state index in [0.29, 0.717) is 23.2 Å². The van der Waals surface area contributed by atoms with Gasteiger partial charge in [0.1, 0.15) is 16.9 Å². The minimum atomic E-state index is -0.325. The van der Waals surface area contributed by atoms with Crippen molar-refractivity contribution in [2.75, 3.05) is 26.2 Å². The Bertz CT molecular complexity index is 1500. The molecule has 3 aromatic heterocycles. The largest absolute Gasteiger partial charge is 0.351 e. The molecule has 0 aliphatic carbocycles. The van der Waals surface area contributed by atoms with Crippen LogP contribution in [-0.4, -0.2) is 50.9 Å². The van der Waals surface area contributed by atoms with Crippen molar-refractivity contribution in [1.29, 1.82) is 0 Å². The summed E-state index contributed by atoms with van der Waals surface area (Å²) in [6.45, 7) is 3.47. The summed E-state index contributed by atoms with van der Waals surface area (Å²) in [4.78, 5) is 34.4. The molecular weight excluding hydrogens is 446 g/mol. The molecule has 7 nitrogen and oxygen atoms in total. The molecule has 6 rings (SSSR count). The first-order valence-electron chi connectivity index (χ1n) is 11.9. The third kappa shape index (κ3) is 3.44. The lowest BCUT2D eigenvalue weighted by Gasteiger charge is -2.15. The first-order valence-corrected chi connectivity index (χ1v) is 12.8. The highest BCUT2D eigenvalue weighted by atomic mass is 32.2. The molecule has 0 spiro atoms. The van der Waals surface area contributed by atoms with Gasteiger partial charge in [-0.1, -0.05) is 18.2 Å². The first kappa shape index (κ1) is 21.4. The molecule has 8 heteroatoms. The van der Waals surface area contributed by atoms with Gasteiger partial charge < -0.3 is 14.8 Å². The molecule has 1 aromatic carbocycles. The fraction of sp³-hybridized carbons (Fsp3) is 0.346. The first-order chi connectivity index (χ1) is 16.6. The van der Waals surface area contributed by atoms with E-state index in [-0.39, 0.29) is 22.1 Å². The van der Waals surface area contributed by atoms with Gasteiger partial charge >= 0.3 is 0 Å². The van der Waals surface area contributed by atoms with E-state index in [4.69, 9.17) is 4.98 Å². The van der Waals surface area contributed by atoms with Crippen LogP contribution in [0.3, 0.4) is 0 Å². The monoisotopic (exact) mass is 473 g/mol. The Balaban J connectivity index is 1.52. The van der Waals surface area contributed by atoms with Crippen LogP contribution < -0.4 is 10.7 Å². The van der Waals surface area contributed by atoms with Gasteiger partial charge in [0.2, 0.25) is 5.43 Å². The molecule has 1 amide bonds. The summed E-state index contributed by atoms with van der Waals surface area (Å²) in [6, 6.07) is 11.7. The van der Waals surface area contributed by atoms with Crippen molar-refractivity contribution >= 4 is 45.4 Å². The standard InChI is InChI=1S/C26H27N5O2S/c1-29-19-7-2-3-8-20(19)31-24-17(10-11-18(28-24)21-9-6-16-34-21)23(32)22(26(29)31)25(33)27-12-15-30-13-4-5-14-30/h2-3,6-8,10-11,16,21H,4-5,9,12-15H2,1H3,(H,27,33). The molecule has 2 aliphatic rings. The van der Waals surface area contributed by atoms with Crippen LogP contribution in [0.25, 0.3) is 27.7 Å². The number of fused-ring (bicyclic) bond motifs is 5. The molecular formula is C26H27N5O2S. The van der Waals surface area contributed by atoms with E-state index < -0.39 is 0 Å². The van der Waals surface area contributed by atoms with Crippen molar-refractivity contribution in [3.8, 4) is 0 Å². The van der Waals surface area contributed by atoms with Crippen LogP contribution >= 0.6 is 11.8 Å². The van der Waals surface area contributed by atoms with Crippen LogP contribution in [0.2, 0.25) is 0 Å². The number of hydrogen-bond donors (Lipinski definition) is 1. The molecule has 5 heterocycles. The molecule has 1 saturated heterocycles. The van der Waals surface area contributed by atoms with Gasteiger partial charge in [0.05, 0.1) is 27.4 Å². The summed E-state index contributed by atoms with van der Waals surface area (Å²) < 4.78 is 3.92. The summed E-state index contributed by atoms with van der Waals surface area (Å²) in [5.41, 5.74) is 3.93. The maximum absolute atomic E-state index is 13.7. The normalized spacial score (nSPS) is 18.6. The van der Waals surface area contributed by atoms with Crippen LogP contribution in [0.4, 0.5) is 0 Å². The van der Waals surface area contributed by atoms with Crippen LogP contribution in [0.15, 0.2) is 52.7 Å². The minimum Gasteiger partial charge on any atom is -0.351 e. The van der Waals surface area contributed by atoms with Gasteiger partial charge in [-0.3, -0.25) is 14.0 Å². The van der Waals surface area contributed by atoms with E-state index in [0.717, 1.165) is 42.8 Å². The molecule has 34 heavy (non-hydrogen) atoms. The van der Waals surface area contributed by atoms with E-state index in [9.17, 15) is 9.59 Å². The smallest absolute Gasteiger partial charge is 0.259 e. The Hall–Kier alpha value is -3.10. The Morgan fingerprint density at radius 2 is 1.94 bits per heavy atom. The number of allylic oxidation sites excluding steroid dienone is 1. The number of aromatic nitrogens is 3. The number of thioether (sulfide) groups is 1. The van der Waals surface area contributed by atoms with Gasteiger partial charge in [0, 0.05) is 20.1 Å². The fourth-order valence-corrected chi connectivity index (χ4v) is 6.14. The SMILES string of the molecule is Cn1c2ccccc2n2c3nc(C4CC=CS4)ccc3c(=O)c(C(=O)NCCN3CCCC3)c12. The highest BCUT2D eigenvalue weighted by Gasteiger charge is 2.25.